The first-order chi connectivity index (χ1) is 9.56. The van der Waals surface area contributed by atoms with Crippen LogP contribution in [0.5, 0.6) is 0 Å². The maximum atomic E-state index is 2.70. The fraction of sp³-hybridized carbons (Fsp3) is 1.00. The minimum atomic E-state index is 0.841. The smallest absolute Gasteiger partial charge is 0.00982 e. The Morgan fingerprint density at radius 3 is 2.15 bits per heavy atom. The van der Waals surface area contributed by atoms with E-state index in [0.29, 0.717) is 0 Å². The minimum absolute atomic E-state index is 0.841. The van der Waals surface area contributed by atoms with Crippen LogP contribution in [0.1, 0.15) is 65.7 Å². The second-order valence-corrected chi connectivity index (χ2v) is 7.86. The van der Waals surface area contributed by atoms with Gasteiger partial charge in [0.2, 0.25) is 0 Å². The van der Waals surface area contributed by atoms with Crippen molar-refractivity contribution in [2.75, 3.05) is 26.7 Å². The zero-order valence-electron chi connectivity index (χ0n) is 14.3. The zero-order chi connectivity index (χ0) is 14.5. The highest BCUT2D eigenvalue weighted by molar-refractivity contribution is 4.86. The predicted octanol–water partition coefficient (Wildman–Crippen LogP) is 4.01. The van der Waals surface area contributed by atoms with E-state index in [2.05, 4.69) is 37.6 Å². The van der Waals surface area contributed by atoms with Crippen molar-refractivity contribution in [2.45, 2.75) is 77.8 Å². The summed E-state index contributed by atoms with van der Waals surface area (Å²) in [5.74, 6) is 1.73. The maximum Gasteiger partial charge on any atom is 0.00982 e. The Kier molecular flexibility index (Phi) is 6.35. The van der Waals surface area contributed by atoms with Gasteiger partial charge in [-0.25, -0.2) is 0 Å². The van der Waals surface area contributed by atoms with E-state index in [1.54, 1.807) is 0 Å². The van der Waals surface area contributed by atoms with Crippen molar-refractivity contribution in [2.24, 2.45) is 11.8 Å². The Morgan fingerprint density at radius 1 is 0.950 bits per heavy atom. The van der Waals surface area contributed by atoms with Crippen LogP contribution in [-0.2, 0) is 0 Å². The van der Waals surface area contributed by atoms with E-state index >= 15 is 0 Å². The van der Waals surface area contributed by atoms with Gasteiger partial charge in [-0.2, -0.15) is 0 Å². The van der Waals surface area contributed by atoms with Crippen molar-refractivity contribution < 1.29 is 0 Å². The Morgan fingerprint density at radius 2 is 1.55 bits per heavy atom. The molecule has 0 aliphatic carbocycles. The summed E-state index contributed by atoms with van der Waals surface area (Å²) in [5, 5.41) is 0. The molecule has 20 heavy (non-hydrogen) atoms. The van der Waals surface area contributed by atoms with Gasteiger partial charge in [-0.3, -0.25) is 0 Å². The molecule has 118 valence electrons. The fourth-order valence-electron chi connectivity index (χ4n) is 4.19. The summed E-state index contributed by atoms with van der Waals surface area (Å²) in [6.45, 7) is 11.2. The molecule has 2 heteroatoms. The average Bonchev–Trinajstić information content (AvgIpc) is 3.01. The monoisotopic (exact) mass is 280 g/mol. The Bertz CT molecular complexity index is 271. The van der Waals surface area contributed by atoms with Gasteiger partial charge in [0.15, 0.2) is 0 Å². The third kappa shape index (κ3) is 4.73. The molecule has 2 nitrogen and oxygen atoms in total. The van der Waals surface area contributed by atoms with E-state index in [0.717, 1.165) is 23.9 Å². The number of hydrogen-bond acceptors (Lipinski definition) is 2. The number of hydrogen-bond donors (Lipinski definition) is 0. The van der Waals surface area contributed by atoms with Crippen LogP contribution in [0.4, 0.5) is 0 Å². The predicted molar refractivity (Wildman–Crippen MR) is 88.1 cm³/mol. The van der Waals surface area contributed by atoms with Gasteiger partial charge >= 0.3 is 0 Å². The van der Waals surface area contributed by atoms with E-state index < -0.39 is 0 Å². The first kappa shape index (κ1) is 16.3. The quantitative estimate of drug-likeness (QED) is 0.695. The molecule has 2 aliphatic heterocycles. The summed E-state index contributed by atoms with van der Waals surface area (Å²) < 4.78 is 0. The fourth-order valence-corrected chi connectivity index (χ4v) is 4.19. The van der Waals surface area contributed by atoms with E-state index in [1.165, 1.54) is 64.6 Å². The minimum Gasteiger partial charge on any atom is -0.303 e. The molecule has 2 rings (SSSR count). The van der Waals surface area contributed by atoms with Crippen LogP contribution in [0.25, 0.3) is 0 Å². The zero-order valence-corrected chi connectivity index (χ0v) is 14.3. The summed E-state index contributed by atoms with van der Waals surface area (Å²) in [4.78, 5) is 5.36. The standard InChI is InChI=1S/C18H36N2/c1-15(2)13-17-7-8-18(19(17)4)14-16(3)9-12-20-10-5-6-11-20/h15-18H,5-14H2,1-4H3. The van der Waals surface area contributed by atoms with Gasteiger partial charge in [0, 0.05) is 12.1 Å². The van der Waals surface area contributed by atoms with Crippen molar-refractivity contribution in [3.63, 3.8) is 0 Å². The Balaban J connectivity index is 1.67. The largest absolute Gasteiger partial charge is 0.303 e. The van der Waals surface area contributed by atoms with Crippen LogP contribution in [-0.4, -0.2) is 48.6 Å². The van der Waals surface area contributed by atoms with E-state index in [-0.39, 0.29) is 0 Å². The van der Waals surface area contributed by atoms with Crippen LogP contribution in [0.2, 0.25) is 0 Å². The van der Waals surface area contributed by atoms with Gasteiger partial charge in [0.05, 0.1) is 0 Å². The van der Waals surface area contributed by atoms with Crippen LogP contribution >= 0.6 is 0 Å². The van der Waals surface area contributed by atoms with E-state index in [9.17, 15) is 0 Å². The Hall–Kier alpha value is -0.0800. The van der Waals surface area contributed by atoms with Crippen LogP contribution in [0, 0.1) is 11.8 Å². The first-order valence-electron chi connectivity index (χ1n) is 9.00. The molecule has 2 fully saturated rings. The molecular weight excluding hydrogens is 244 g/mol. The molecule has 0 bridgehead atoms. The van der Waals surface area contributed by atoms with Gasteiger partial charge < -0.3 is 9.80 Å². The number of rotatable bonds is 7. The van der Waals surface area contributed by atoms with E-state index in [1.807, 2.05) is 0 Å². The lowest BCUT2D eigenvalue weighted by molar-refractivity contribution is 0.188. The van der Waals surface area contributed by atoms with Gasteiger partial charge in [-0.15, -0.1) is 0 Å². The highest BCUT2D eigenvalue weighted by Gasteiger charge is 2.31. The molecule has 2 heterocycles. The average molecular weight is 280 g/mol. The van der Waals surface area contributed by atoms with Crippen molar-refractivity contribution in [1.82, 2.24) is 9.80 Å². The molecule has 0 aromatic heterocycles. The summed E-state index contributed by atoms with van der Waals surface area (Å²) in [6, 6.07) is 1.71. The molecule has 0 N–H and O–H groups in total. The molecule has 0 aromatic rings. The topological polar surface area (TPSA) is 6.48 Å². The van der Waals surface area contributed by atoms with E-state index in [4.69, 9.17) is 0 Å². The Labute approximate surface area is 126 Å². The van der Waals surface area contributed by atoms with Crippen molar-refractivity contribution in [1.29, 1.82) is 0 Å². The second-order valence-electron chi connectivity index (χ2n) is 7.86. The first-order valence-corrected chi connectivity index (χ1v) is 9.00. The highest BCUT2D eigenvalue weighted by Crippen LogP contribution is 2.31. The molecular formula is C18H36N2. The SMILES string of the molecule is CC(C)CC1CCC(CC(C)CCN2CCCC2)N1C. The molecule has 0 spiro atoms. The molecule has 0 saturated carbocycles. The second kappa shape index (κ2) is 7.79. The third-order valence-corrected chi connectivity index (χ3v) is 5.54. The van der Waals surface area contributed by atoms with Crippen molar-refractivity contribution in [3.8, 4) is 0 Å². The molecule has 0 amide bonds. The number of likely N-dealkylation sites (tertiary alicyclic amines) is 2. The summed E-state index contributed by atoms with van der Waals surface area (Å²) >= 11 is 0. The van der Waals surface area contributed by atoms with Gasteiger partial charge in [-0.1, -0.05) is 20.8 Å². The van der Waals surface area contributed by atoms with Gasteiger partial charge in [-0.05, 0) is 83.5 Å². The summed E-state index contributed by atoms with van der Waals surface area (Å²) in [5.41, 5.74) is 0. The van der Waals surface area contributed by atoms with Crippen LogP contribution < -0.4 is 0 Å². The molecule has 3 atom stereocenters. The van der Waals surface area contributed by atoms with Crippen LogP contribution in [0.3, 0.4) is 0 Å². The molecule has 3 unspecified atom stereocenters. The normalized spacial score (nSPS) is 30.4. The summed E-state index contributed by atoms with van der Waals surface area (Å²) in [7, 11) is 2.37. The lowest BCUT2D eigenvalue weighted by Gasteiger charge is -2.29. The summed E-state index contributed by atoms with van der Waals surface area (Å²) in [6.07, 6.45) is 9.92. The van der Waals surface area contributed by atoms with Crippen molar-refractivity contribution in [3.05, 3.63) is 0 Å². The number of nitrogens with zero attached hydrogens (tertiary/aromatic N) is 2. The maximum absolute atomic E-state index is 2.70. The lowest BCUT2D eigenvalue weighted by atomic mass is 9.97. The lowest BCUT2D eigenvalue weighted by Crippen LogP contribution is -2.34. The van der Waals surface area contributed by atoms with Crippen molar-refractivity contribution >= 4 is 0 Å². The van der Waals surface area contributed by atoms with Gasteiger partial charge in [0.1, 0.15) is 0 Å². The molecule has 2 aliphatic rings. The van der Waals surface area contributed by atoms with Gasteiger partial charge in [0.25, 0.3) is 0 Å². The molecule has 0 aromatic carbocycles. The van der Waals surface area contributed by atoms with Crippen LogP contribution in [0.15, 0.2) is 0 Å². The molecule has 2 saturated heterocycles. The third-order valence-electron chi connectivity index (χ3n) is 5.54. The highest BCUT2D eigenvalue weighted by atomic mass is 15.2. The molecule has 0 radical (unpaired) electrons.